The maximum Gasteiger partial charge on any atom is 0.105 e. The molecule has 0 aliphatic rings. The van der Waals surface area contributed by atoms with E-state index in [1.54, 1.807) is 0 Å². The van der Waals surface area contributed by atoms with Gasteiger partial charge in [-0.25, -0.2) is 0 Å². The van der Waals surface area contributed by atoms with Gasteiger partial charge in [0.1, 0.15) is 15.7 Å². The fourth-order valence-corrected chi connectivity index (χ4v) is 2.55. The first kappa shape index (κ1) is 14.9. The van der Waals surface area contributed by atoms with Gasteiger partial charge in [0.15, 0.2) is 0 Å². The van der Waals surface area contributed by atoms with Crippen LogP contribution in [0.15, 0.2) is 36.5 Å². The van der Waals surface area contributed by atoms with Gasteiger partial charge in [-0.2, -0.15) is 0 Å². The summed E-state index contributed by atoms with van der Waals surface area (Å²) in [7, 11) is 4.60. The van der Waals surface area contributed by atoms with E-state index in [1.165, 1.54) is 22.3 Å². The standard InChI is InChI=1S/C17H23B2N/c1-11(2)17(18,19)15-10-20-16(9-13(15)4)14-8-6-5-7-12(14)3/h5-11H,18-19H2,1-4H3. The summed E-state index contributed by atoms with van der Waals surface area (Å²) in [6.07, 6.45) is 2.07. The summed E-state index contributed by atoms with van der Waals surface area (Å²) in [5.74, 6) is 0.590. The first-order valence-electron chi connectivity index (χ1n) is 7.37. The van der Waals surface area contributed by atoms with E-state index in [0.29, 0.717) is 5.92 Å². The van der Waals surface area contributed by atoms with Crippen LogP contribution in [0.2, 0.25) is 0 Å². The zero-order chi connectivity index (χ0) is 14.9. The molecule has 1 aromatic carbocycles. The van der Waals surface area contributed by atoms with Crippen molar-refractivity contribution >= 4 is 15.7 Å². The molecule has 1 aromatic heterocycles. The maximum absolute atomic E-state index is 4.72. The molecule has 0 amide bonds. The molecule has 1 heterocycles. The second-order valence-electron chi connectivity index (χ2n) is 6.58. The third kappa shape index (κ3) is 2.67. The van der Waals surface area contributed by atoms with Crippen LogP contribution in [-0.4, -0.2) is 20.7 Å². The second-order valence-corrected chi connectivity index (χ2v) is 6.58. The van der Waals surface area contributed by atoms with E-state index in [9.17, 15) is 0 Å². The van der Waals surface area contributed by atoms with E-state index in [-0.39, 0.29) is 5.21 Å². The van der Waals surface area contributed by atoms with Gasteiger partial charge in [-0.3, -0.25) is 4.98 Å². The number of hydrogen-bond donors (Lipinski definition) is 0. The van der Waals surface area contributed by atoms with Crippen LogP contribution in [-0.2, 0) is 5.21 Å². The molecule has 0 saturated heterocycles. The Morgan fingerprint density at radius 3 is 2.25 bits per heavy atom. The van der Waals surface area contributed by atoms with Crippen LogP contribution in [0.1, 0.15) is 30.5 Å². The highest BCUT2D eigenvalue weighted by Gasteiger charge is 2.26. The van der Waals surface area contributed by atoms with Gasteiger partial charge >= 0.3 is 0 Å². The molecular weight excluding hydrogens is 240 g/mol. The summed E-state index contributed by atoms with van der Waals surface area (Å²) in [5.41, 5.74) is 6.26. The van der Waals surface area contributed by atoms with Gasteiger partial charge in [-0.15, -0.1) is 0 Å². The number of benzene rings is 1. The fraction of sp³-hybridized carbons (Fsp3) is 0.353. The highest BCUT2D eigenvalue weighted by atomic mass is 14.7. The van der Waals surface area contributed by atoms with Gasteiger partial charge < -0.3 is 0 Å². The Kier molecular flexibility index (Phi) is 4.08. The smallest absolute Gasteiger partial charge is 0.105 e. The van der Waals surface area contributed by atoms with Crippen LogP contribution in [0.25, 0.3) is 11.3 Å². The summed E-state index contributed by atoms with van der Waals surface area (Å²) in [4.78, 5) is 4.72. The molecule has 2 rings (SSSR count). The van der Waals surface area contributed by atoms with Crippen LogP contribution >= 0.6 is 0 Å². The first-order chi connectivity index (χ1) is 9.34. The number of hydrogen-bond acceptors (Lipinski definition) is 1. The van der Waals surface area contributed by atoms with E-state index in [1.807, 2.05) is 0 Å². The first-order valence-corrected chi connectivity index (χ1v) is 7.37. The van der Waals surface area contributed by atoms with E-state index in [2.05, 4.69) is 79.9 Å². The quantitative estimate of drug-likeness (QED) is 0.775. The molecule has 1 nitrogen and oxygen atoms in total. The SMILES string of the molecule is BC(B)(c1cnc(-c2ccccc2C)cc1C)C(C)C. The van der Waals surface area contributed by atoms with E-state index in [4.69, 9.17) is 4.98 Å². The summed E-state index contributed by atoms with van der Waals surface area (Å²) < 4.78 is 0. The van der Waals surface area contributed by atoms with Crippen molar-refractivity contribution in [2.75, 3.05) is 0 Å². The van der Waals surface area contributed by atoms with E-state index in [0.717, 1.165) is 5.69 Å². The minimum absolute atomic E-state index is 0.154. The molecule has 0 radical (unpaired) electrons. The topological polar surface area (TPSA) is 12.9 Å². The lowest BCUT2D eigenvalue weighted by molar-refractivity contribution is 0.566. The monoisotopic (exact) mass is 263 g/mol. The van der Waals surface area contributed by atoms with Crippen LogP contribution in [0.3, 0.4) is 0 Å². The van der Waals surface area contributed by atoms with Crippen molar-refractivity contribution in [2.45, 2.75) is 32.9 Å². The number of aryl methyl sites for hydroxylation is 2. The van der Waals surface area contributed by atoms with E-state index < -0.39 is 0 Å². The Hall–Kier alpha value is -1.50. The molecule has 0 unspecified atom stereocenters. The molecule has 0 atom stereocenters. The van der Waals surface area contributed by atoms with Crippen molar-refractivity contribution in [1.82, 2.24) is 4.98 Å². The Labute approximate surface area is 124 Å². The van der Waals surface area contributed by atoms with Crippen molar-refractivity contribution < 1.29 is 0 Å². The molecular formula is C17H23B2N. The van der Waals surface area contributed by atoms with Gasteiger partial charge in [0.2, 0.25) is 0 Å². The van der Waals surface area contributed by atoms with Crippen molar-refractivity contribution in [3.63, 3.8) is 0 Å². The second kappa shape index (κ2) is 5.47. The fourth-order valence-electron chi connectivity index (χ4n) is 2.55. The molecule has 102 valence electrons. The normalized spacial score (nSPS) is 11.8. The van der Waals surface area contributed by atoms with Crippen LogP contribution in [0.5, 0.6) is 0 Å². The molecule has 20 heavy (non-hydrogen) atoms. The molecule has 0 saturated carbocycles. The number of rotatable bonds is 3. The Morgan fingerprint density at radius 1 is 1.05 bits per heavy atom. The molecule has 2 aromatic rings. The van der Waals surface area contributed by atoms with Crippen LogP contribution in [0, 0.1) is 19.8 Å². The Balaban J connectivity index is 2.49. The van der Waals surface area contributed by atoms with Gasteiger partial charge in [0, 0.05) is 11.8 Å². The predicted octanol–water partition coefficient (Wildman–Crippen LogP) is 2.44. The lowest BCUT2D eigenvalue weighted by Gasteiger charge is -2.31. The Morgan fingerprint density at radius 2 is 1.70 bits per heavy atom. The van der Waals surface area contributed by atoms with Crippen molar-refractivity contribution in [3.8, 4) is 11.3 Å². The van der Waals surface area contributed by atoms with Gasteiger partial charge in [0.25, 0.3) is 0 Å². The minimum Gasteiger partial charge on any atom is -0.256 e. The largest absolute Gasteiger partial charge is 0.256 e. The van der Waals surface area contributed by atoms with Gasteiger partial charge in [-0.1, -0.05) is 49.2 Å². The molecule has 0 aliphatic carbocycles. The summed E-state index contributed by atoms with van der Waals surface area (Å²) >= 11 is 0. The predicted molar refractivity (Wildman–Crippen MR) is 92.8 cm³/mol. The van der Waals surface area contributed by atoms with Crippen LogP contribution in [0.4, 0.5) is 0 Å². The average molecular weight is 263 g/mol. The average Bonchev–Trinajstić information content (AvgIpc) is 2.38. The third-order valence-electron chi connectivity index (χ3n) is 4.67. The van der Waals surface area contributed by atoms with Crippen molar-refractivity contribution in [2.24, 2.45) is 5.92 Å². The van der Waals surface area contributed by atoms with E-state index >= 15 is 0 Å². The molecule has 0 fully saturated rings. The highest BCUT2D eigenvalue weighted by molar-refractivity contribution is 6.40. The summed E-state index contributed by atoms with van der Waals surface area (Å²) in [6, 6.07) is 10.7. The third-order valence-corrected chi connectivity index (χ3v) is 4.67. The molecule has 0 bridgehead atoms. The number of nitrogens with zero attached hydrogens (tertiary/aromatic N) is 1. The molecule has 0 aliphatic heterocycles. The number of pyridine rings is 1. The molecule has 0 spiro atoms. The molecule has 0 N–H and O–H groups in total. The lowest BCUT2D eigenvalue weighted by Crippen LogP contribution is -2.34. The van der Waals surface area contributed by atoms with Crippen molar-refractivity contribution in [1.29, 1.82) is 0 Å². The maximum atomic E-state index is 4.72. The summed E-state index contributed by atoms with van der Waals surface area (Å²) in [6.45, 7) is 8.88. The van der Waals surface area contributed by atoms with Crippen LogP contribution < -0.4 is 0 Å². The number of aromatic nitrogens is 1. The molecule has 3 heteroatoms. The lowest BCUT2D eigenvalue weighted by atomic mass is 9.45. The zero-order valence-electron chi connectivity index (χ0n) is 13.5. The van der Waals surface area contributed by atoms with Gasteiger partial charge in [0.05, 0.1) is 5.69 Å². The highest BCUT2D eigenvalue weighted by Crippen LogP contribution is 2.30. The Bertz CT molecular complexity index is 618. The minimum atomic E-state index is 0.154. The van der Waals surface area contributed by atoms with Gasteiger partial charge in [-0.05, 0) is 36.6 Å². The van der Waals surface area contributed by atoms with Crippen molar-refractivity contribution in [3.05, 3.63) is 53.2 Å². The summed E-state index contributed by atoms with van der Waals surface area (Å²) in [5, 5.41) is 0.154. The zero-order valence-corrected chi connectivity index (χ0v) is 13.5.